The number of hydrogen-bond acceptors (Lipinski definition) is 7. The standard InChI is InChI=1S/C19H33N5O3/c1-4-26-14(2)17-21-16(27-22-17)13-23-9-11-24(12-10-23)18(25)15-7-5-6-8-19(15,3)20/h14-15H,4-13,20H2,1-3H3. The highest BCUT2D eigenvalue weighted by Crippen LogP contribution is 2.33. The van der Waals surface area contributed by atoms with Crippen LogP contribution >= 0.6 is 0 Å². The fourth-order valence-corrected chi connectivity index (χ4v) is 4.12. The molecule has 1 aromatic rings. The van der Waals surface area contributed by atoms with E-state index in [9.17, 15) is 4.79 Å². The van der Waals surface area contributed by atoms with Crippen molar-refractivity contribution in [3.8, 4) is 0 Å². The van der Waals surface area contributed by atoms with Crippen molar-refractivity contribution in [2.75, 3.05) is 32.8 Å². The normalized spacial score (nSPS) is 28.3. The molecule has 1 saturated carbocycles. The van der Waals surface area contributed by atoms with E-state index < -0.39 is 0 Å². The van der Waals surface area contributed by atoms with Gasteiger partial charge in [-0.3, -0.25) is 9.69 Å². The Morgan fingerprint density at radius 2 is 2.11 bits per heavy atom. The molecule has 2 aliphatic rings. The summed E-state index contributed by atoms with van der Waals surface area (Å²) in [7, 11) is 0. The van der Waals surface area contributed by atoms with Crippen LogP contribution in [0.3, 0.4) is 0 Å². The number of nitrogens with two attached hydrogens (primary N) is 1. The molecular weight excluding hydrogens is 346 g/mol. The van der Waals surface area contributed by atoms with E-state index in [-0.39, 0.29) is 23.5 Å². The average Bonchev–Trinajstić information content (AvgIpc) is 3.10. The molecule has 0 bridgehead atoms. The molecule has 0 radical (unpaired) electrons. The molecule has 152 valence electrons. The summed E-state index contributed by atoms with van der Waals surface area (Å²) < 4.78 is 10.8. The number of aromatic nitrogens is 2. The van der Waals surface area contributed by atoms with Crippen molar-refractivity contribution in [3.05, 3.63) is 11.7 Å². The lowest BCUT2D eigenvalue weighted by atomic mass is 9.74. The smallest absolute Gasteiger partial charge is 0.240 e. The number of rotatable bonds is 6. The molecule has 3 rings (SSSR count). The van der Waals surface area contributed by atoms with E-state index in [4.69, 9.17) is 15.0 Å². The number of nitrogens with zero attached hydrogens (tertiary/aromatic N) is 4. The predicted molar refractivity (Wildman–Crippen MR) is 101 cm³/mol. The van der Waals surface area contributed by atoms with Crippen molar-refractivity contribution in [3.63, 3.8) is 0 Å². The quantitative estimate of drug-likeness (QED) is 0.803. The Morgan fingerprint density at radius 1 is 1.37 bits per heavy atom. The van der Waals surface area contributed by atoms with Crippen molar-refractivity contribution in [2.24, 2.45) is 11.7 Å². The number of carbonyl (C=O) groups excluding carboxylic acids is 1. The Labute approximate surface area is 161 Å². The summed E-state index contributed by atoms with van der Waals surface area (Å²) in [5, 5.41) is 4.00. The molecule has 0 aromatic carbocycles. The Balaban J connectivity index is 1.49. The number of ether oxygens (including phenoxy) is 1. The molecule has 8 nitrogen and oxygen atoms in total. The van der Waals surface area contributed by atoms with E-state index >= 15 is 0 Å². The van der Waals surface area contributed by atoms with Crippen LogP contribution in [0, 0.1) is 5.92 Å². The fourth-order valence-electron chi connectivity index (χ4n) is 4.12. The van der Waals surface area contributed by atoms with Gasteiger partial charge in [-0.2, -0.15) is 4.98 Å². The van der Waals surface area contributed by atoms with Crippen LogP contribution < -0.4 is 5.73 Å². The zero-order valence-corrected chi connectivity index (χ0v) is 16.8. The van der Waals surface area contributed by atoms with E-state index in [1.54, 1.807) is 0 Å². The molecule has 0 spiro atoms. The van der Waals surface area contributed by atoms with Gasteiger partial charge in [-0.05, 0) is 33.6 Å². The Morgan fingerprint density at radius 3 is 2.78 bits per heavy atom. The van der Waals surface area contributed by atoms with Gasteiger partial charge in [-0.25, -0.2) is 0 Å². The van der Waals surface area contributed by atoms with E-state index in [1.165, 1.54) is 0 Å². The first-order chi connectivity index (χ1) is 12.9. The Bertz CT molecular complexity index is 625. The van der Waals surface area contributed by atoms with Gasteiger partial charge in [0.2, 0.25) is 11.8 Å². The molecule has 1 amide bonds. The van der Waals surface area contributed by atoms with Gasteiger partial charge in [-0.1, -0.05) is 18.0 Å². The highest BCUT2D eigenvalue weighted by molar-refractivity contribution is 5.80. The van der Waals surface area contributed by atoms with Gasteiger partial charge in [0, 0.05) is 38.3 Å². The SMILES string of the molecule is CCOC(C)c1noc(CN2CCN(C(=O)C3CCCCC3(C)N)CC2)n1. The number of amides is 1. The summed E-state index contributed by atoms with van der Waals surface area (Å²) in [4.78, 5) is 21.6. The Hall–Kier alpha value is -1.51. The molecule has 2 N–H and O–H groups in total. The minimum absolute atomic E-state index is 0.0450. The first kappa shape index (κ1) is 20.2. The zero-order valence-electron chi connectivity index (χ0n) is 16.8. The molecule has 1 saturated heterocycles. The van der Waals surface area contributed by atoms with Gasteiger partial charge in [0.25, 0.3) is 0 Å². The van der Waals surface area contributed by atoms with E-state index in [2.05, 4.69) is 15.0 Å². The van der Waals surface area contributed by atoms with Crippen LogP contribution in [0.2, 0.25) is 0 Å². The maximum Gasteiger partial charge on any atom is 0.240 e. The number of piperazine rings is 1. The molecule has 1 aromatic heterocycles. The van der Waals surface area contributed by atoms with Crippen LogP contribution in [0.4, 0.5) is 0 Å². The van der Waals surface area contributed by atoms with Crippen LogP contribution in [0.5, 0.6) is 0 Å². The highest BCUT2D eigenvalue weighted by atomic mass is 16.5. The van der Waals surface area contributed by atoms with Crippen LogP contribution in [-0.4, -0.2) is 64.2 Å². The maximum absolute atomic E-state index is 12.9. The molecule has 1 aliphatic carbocycles. The van der Waals surface area contributed by atoms with Gasteiger partial charge in [0.1, 0.15) is 6.10 Å². The molecule has 2 heterocycles. The van der Waals surface area contributed by atoms with Crippen molar-refractivity contribution in [2.45, 2.75) is 64.6 Å². The first-order valence-corrected chi connectivity index (χ1v) is 10.1. The second-order valence-electron chi connectivity index (χ2n) is 8.05. The van der Waals surface area contributed by atoms with E-state index in [0.29, 0.717) is 24.9 Å². The second kappa shape index (κ2) is 8.67. The van der Waals surface area contributed by atoms with Gasteiger partial charge in [-0.15, -0.1) is 0 Å². The van der Waals surface area contributed by atoms with E-state index in [1.807, 2.05) is 25.7 Å². The topological polar surface area (TPSA) is 97.7 Å². The van der Waals surface area contributed by atoms with Gasteiger partial charge in [0.05, 0.1) is 12.5 Å². The summed E-state index contributed by atoms with van der Waals surface area (Å²) in [5.74, 6) is 1.36. The van der Waals surface area contributed by atoms with Crippen molar-refractivity contribution in [1.82, 2.24) is 19.9 Å². The van der Waals surface area contributed by atoms with Gasteiger partial charge >= 0.3 is 0 Å². The minimum Gasteiger partial charge on any atom is -0.371 e. The van der Waals surface area contributed by atoms with Gasteiger partial charge in [0.15, 0.2) is 5.82 Å². The lowest BCUT2D eigenvalue weighted by Gasteiger charge is -2.42. The Kier molecular flexibility index (Phi) is 6.49. The fraction of sp³-hybridized carbons (Fsp3) is 0.842. The van der Waals surface area contributed by atoms with Crippen molar-refractivity contribution < 1.29 is 14.1 Å². The first-order valence-electron chi connectivity index (χ1n) is 10.1. The highest BCUT2D eigenvalue weighted by Gasteiger charge is 2.40. The molecule has 2 fully saturated rings. The number of carbonyl (C=O) groups is 1. The van der Waals surface area contributed by atoms with Crippen molar-refractivity contribution >= 4 is 5.91 Å². The average molecular weight is 380 g/mol. The largest absolute Gasteiger partial charge is 0.371 e. The van der Waals surface area contributed by atoms with Gasteiger partial charge < -0.3 is 19.9 Å². The third kappa shape index (κ3) is 4.86. The second-order valence-corrected chi connectivity index (χ2v) is 8.05. The lowest BCUT2D eigenvalue weighted by molar-refractivity contribution is -0.140. The minimum atomic E-state index is -0.371. The third-order valence-electron chi connectivity index (χ3n) is 5.86. The van der Waals surface area contributed by atoms with Crippen molar-refractivity contribution in [1.29, 1.82) is 0 Å². The van der Waals surface area contributed by atoms with Crippen LogP contribution in [-0.2, 0) is 16.1 Å². The number of hydrogen-bond donors (Lipinski definition) is 1. The summed E-state index contributed by atoms with van der Waals surface area (Å²) in [5.41, 5.74) is 6.04. The summed E-state index contributed by atoms with van der Waals surface area (Å²) >= 11 is 0. The molecule has 1 aliphatic heterocycles. The molecule has 27 heavy (non-hydrogen) atoms. The third-order valence-corrected chi connectivity index (χ3v) is 5.86. The maximum atomic E-state index is 12.9. The summed E-state index contributed by atoms with van der Waals surface area (Å²) in [6, 6.07) is 0. The molecular formula is C19H33N5O3. The monoisotopic (exact) mass is 379 g/mol. The summed E-state index contributed by atoms with van der Waals surface area (Å²) in [6.07, 6.45) is 3.90. The van der Waals surface area contributed by atoms with Crippen LogP contribution in [0.25, 0.3) is 0 Å². The molecule has 3 unspecified atom stereocenters. The van der Waals surface area contributed by atoms with Crippen LogP contribution in [0.15, 0.2) is 4.52 Å². The molecule has 3 atom stereocenters. The predicted octanol–water partition coefficient (Wildman–Crippen LogP) is 1.72. The van der Waals surface area contributed by atoms with E-state index in [0.717, 1.165) is 51.9 Å². The molecule has 8 heteroatoms. The summed E-state index contributed by atoms with van der Waals surface area (Å²) in [6.45, 7) is 10.2. The zero-order chi connectivity index (χ0) is 19.4. The van der Waals surface area contributed by atoms with Crippen LogP contribution in [0.1, 0.15) is 64.3 Å². The lowest BCUT2D eigenvalue weighted by Crippen LogP contribution is -2.57.